The van der Waals surface area contributed by atoms with Crippen LogP contribution < -0.4 is 5.32 Å². The molecule has 1 saturated heterocycles. The van der Waals surface area contributed by atoms with Gasteiger partial charge in [-0.15, -0.1) is 11.3 Å². The standard InChI is InChI=1S/C17H22N2OS/c1-2-10-18-12-15-16(13-7-4-3-5-8-13)19-17(21-15)14-9-6-11-20-14/h3-5,7-8,14,18H,2,6,9-12H2,1H3. The highest BCUT2D eigenvalue weighted by Crippen LogP contribution is 2.36. The second kappa shape index (κ2) is 7.16. The van der Waals surface area contributed by atoms with Gasteiger partial charge in [-0.25, -0.2) is 4.98 Å². The predicted molar refractivity (Wildman–Crippen MR) is 87.5 cm³/mol. The fourth-order valence-electron chi connectivity index (χ4n) is 2.60. The van der Waals surface area contributed by atoms with Crippen molar-refractivity contribution in [3.63, 3.8) is 0 Å². The van der Waals surface area contributed by atoms with Crippen LogP contribution in [0.2, 0.25) is 0 Å². The lowest BCUT2D eigenvalue weighted by Gasteiger charge is -2.03. The molecule has 1 aromatic carbocycles. The molecule has 1 aliphatic heterocycles. The molecule has 0 spiro atoms. The number of aromatic nitrogens is 1. The average molecular weight is 302 g/mol. The van der Waals surface area contributed by atoms with Gasteiger partial charge in [0.15, 0.2) is 0 Å². The topological polar surface area (TPSA) is 34.1 Å². The van der Waals surface area contributed by atoms with Crippen molar-refractivity contribution in [3.8, 4) is 11.3 Å². The minimum absolute atomic E-state index is 0.206. The lowest BCUT2D eigenvalue weighted by Crippen LogP contribution is -2.13. The number of benzene rings is 1. The molecule has 3 nitrogen and oxygen atoms in total. The quantitative estimate of drug-likeness (QED) is 0.814. The molecule has 0 amide bonds. The molecule has 0 aliphatic carbocycles. The minimum Gasteiger partial charge on any atom is -0.371 e. The van der Waals surface area contributed by atoms with Crippen molar-refractivity contribution in [2.24, 2.45) is 0 Å². The van der Waals surface area contributed by atoms with Crippen LogP contribution in [0.25, 0.3) is 11.3 Å². The van der Waals surface area contributed by atoms with Crippen LogP contribution in [0, 0.1) is 0 Å². The van der Waals surface area contributed by atoms with Gasteiger partial charge < -0.3 is 10.1 Å². The zero-order valence-electron chi connectivity index (χ0n) is 12.5. The minimum atomic E-state index is 0.206. The highest BCUT2D eigenvalue weighted by atomic mass is 32.1. The van der Waals surface area contributed by atoms with E-state index in [4.69, 9.17) is 9.72 Å². The first kappa shape index (κ1) is 14.7. The van der Waals surface area contributed by atoms with Gasteiger partial charge in [-0.3, -0.25) is 0 Å². The maximum atomic E-state index is 5.80. The van der Waals surface area contributed by atoms with Crippen molar-refractivity contribution in [3.05, 3.63) is 40.2 Å². The molecule has 2 aromatic rings. The van der Waals surface area contributed by atoms with Gasteiger partial charge in [0.05, 0.1) is 5.69 Å². The summed E-state index contributed by atoms with van der Waals surface area (Å²) in [6, 6.07) is 10.5. The fourth-order valence-corrected chi connectivity index (χ4v) is 3.74. The summed E-state index contributed by atoms with van der Waals surface area (Å²) < 4.78 is 5.80. The van der Waals surface area contributed by atoms with Gasteiger partial charge in [-0.05, 0) is 25.8 Å². The maximum Gasteiger partial charge on any atom is 0.123 e. The summed E-state index contributed by atoms with van der Waals surface area (Å²) in [7, 11) is 0. The van der Waals surface area contributed by atoms with Crippen LogP contribution in [0.15, 0.2) is 30.3 Å². The van der Waals surface area contributed by atoms with E-state index in [0.29, 0.717) is 0 Å². The molecule has 0 saturated carbocycles. The van der Waals surface area contributed by atoms with Gasteiger partial charge in [0.2, 0.25) is 0 Å². The van der Waals surface area contributed by atoms with E-state index in [9.17, 15) is 0 Å². The molecule has 1 aliphatic rings. The first-order valence-electron chi connectivity index (χ1n) is 7.76. The maximum absolute atomic E-state index is 5.80. The molecular weight excluding hydrogens is 280 g/mol. The molecule has 112 valence electrons. The van der Waals surface area contributed by atoms with Crippen LogP contribution in [0.3, 0.4) is 0 Å². The zero-order valence-corrected chi connectivity index (χ0v) is 13.3. The van der Waals surface area contributed by atoms with Crippen LogP contribution in [0.4, 0.5) is 0 Å². The number of rotatable bonds is 6. The SMILES string of the molecule is CCCNCc1sc(C2CCCO2)nc1-c1ccccc1. The predicted octanol–water partition coefficient (Wildman–Crippen LogP) is 4.16. The molecular formula is C17H22N2OS. The third-order valence-corrected chi connectivity index (χ3v) is 4.83. The molecule has 2 heterocycles. The molecule has 21 heavy (non-hydrogen) atoms. The molecule has 1 aromatic heterocycles. The third kappa shape index (κ3) is 3.51. The van der Waals surface area contributed by atoms with Crippen LogP contribution in [0.5, 0.6) is 0 Å². The monoisotopic (exact) mass is 302 g/mol. The van der Waals surface area contributed by atoms with E-state index in [1.54, 1.807) is 11.3 Å². The van der Waals surface area contributed by atoms with Crippen LogP contribution >= 0.6 is 11.3 Å². The second-order valence-electron chi connectivity index (χ2n) is 5.37. The van der Waals surface area contributed by atoms with E-state index in [0.717, 1.165) is 49.7 Å². The van der Waals surface area contributed by atoms with Crippen molar-refractivity contribution in [1.29, 1.82) is 0 Å². The van der Waals surface area contributed by atoms with Gasteiger partial charge in [0.1, 0.15) is 11.1 Å². The first-order chi connectivity index (χ1) is 10.4. The van der Waals surface area contributed by atoms with E-state index in [-0.39, 0.29) is 6.10 Å². The second-order valence-corrected chi connectivity index (χ2v) is 6.48. The summed E-state index contributed by atoms with van der Waals surface area (Å²) >= 11 is 1.80. The van der Waals surface area contributed by atoms with Crippen LogP contribution in [0.1, 0.15) is 42.2 Å². The van der Waals surface area contributed by atoms with Gasteiger partial charge in [-0.1, -0.05) is 37.3 Å². The Morgan fingerprint density at radius 3 is 2.90 bits per heavy atom. The summed E-state index contributed by atoms with van der Waals surface area (Å²) in [6.07, 6.45) is 3.60. The van der Waals surface area contributed by atoms with Crippen molar-refractivity contribution >= 4 is 11.3 Å². The third-order valence-electron chi connectivity index (χ3n) is 3.68. The Morgan fingerprint density at radius 1 is 1.33 bits per heavy atom. The molecule has 1 atom stereocenters. The average Bonchev–Trinajstić information content (AvgIpc) is 3.18. The number of nitrogens with zero attached hydrogens (tertiary/aromatic N) is 1. The van der Waals surface area contributed by atoms with Crippen molar-refractivity contribution < 1.29 is 4.74 Å². The Labute approximate surface area is 130 Å². The van der Waals surface area contributed by atoms with Crippen molar-refractivity contribution in [2.45, 2.75) is 38.8 Å². The molecule has 4 heteroatoms. The molecule has 0 bridgehead atoms. The summed E-state index contributed by atoms with van der Waals surface area (Å²) in [4.78, 5) is 6.21. The number of nitrogens with one attached hydrogen (secondary N) is 1. The smallest absolute Gasteiger partial charge is 0.123 e. The van der Waals surface area contributed by atoms with Crippen LogP contribution in [-0.2, 0) is 11.3 Å². The van der Waals surface area contributed by atoms with Crippen molar-refractivity contribution in [2.75, 3.05) is 13.2 Å². The van der Waals surface area contributed by atoms with E-state index in [1.165, 1.54) is 10.4 Å². The van der Waals surface area contributed by atoms with E-state index in [2.05, 4.69) is 36.5 Å². The summed E-state index contributed by atoms with van der Waals surface area (Å²) in [6.45, 7) is 4.99. The highest BCUT2D eigenvalue weighted by molar-refractivity contribution is 7.12. The Bertz CT molecular complexity index is 561. The van der Waals surface area contributed by atoms with E-state index in [1.807, 2.05) is 6.07 Å². The largest absolute Gasteiger partial charge is 0.371 e. The lowest BCUT2D eigenvalue weighted by atomic mass is 10.1. The van der Waals surface area contributed by atoms with E-state index >= 15 is 0 Å². The molecule has 0 radical (unpaired) electrons. The molecule has 1 fully saturated rings. The Balaban J connectivity index is 1.87. The number of hydrogen-bond acceptors (Lipinski definition) is 4. The summed E-state index contributed by atoms with van der Waals surface area (Å²) in [5.74, 6) is 0. The number of thiazole rings is 1. The molecule has 1 unspecified atom stereocenters. The normalized spacial score (nSPS) is 18.2. The Morgan fingerprint density at radius 2 is 2.19 bits per heavy atom. The fraction of sp³-hybridized carbons (Fsp3) is 0.471. The van der Waals surface area contributed by atoms with Crippen LogP contribution in [-0.4, -0.2) is 18.1 Å². The zero-order chi connectivity index (χ0) is 14.5. The van der Waals surface area contributed by atoms with Gasteiger partial charge in [0.25, 0.3) is 0 Å². The highest BCUT2D eigenvalue weighted by Gasteiger charge is 2.23. The van der Waals surface area contributed by atoms with E-state index < -0.39 is 0 Å². The summed E-state index contributed by atoms with van der Waals surface area (Å²) in [5, 5.41) is 4.63. The van der Waals surface area contributed by atoms with Gasteiger partial charge in [0, 0.05) is 23.6 Å². The Kier molecular flexibility index (Phi) is 5.01. The summed E-state index contributed by atoms with van der Waals surface area (Å²) in [5.41, 5.74) is 2.32. The molecule has 3 rings (SSSR count). The van der Waals surface area contributed by atoms with Crippen molar-refractivity contribution in [1.82, 2.24) is 10.3 Å². The molecule has 1 N–H and O–H groups in total. The number of ether oxygens (including phenoxy) is 1. The van der Waals surface area contributed by atoms with Gasteiger partial charge in [-0.2, -0.15) is 0 Å². The Hall–Kier alpha value is -1.23. The lowest BCUT2D eigenvalue weighted by molar-refractivity contribution is 0.112. The first-order valence-corrected chi connectivity index (χ1v) is 8.57. The number of hydrogen-bond donors (Lipinski definition) is 1. The van der Waals surface area contributed by atoms with Gasteiger partial charge >= 0.3 is 0 Å².